The van der Waals surface area contributed by atoms with E-state index in [1.807, 2.05) is 24.3 Å². The molecule has 3 aromatic rings. The molecule has 0 bridgehead atoms. The summed E-state index contributed by atoms with van der Waals surface area (Å²) in [7, 11) is 1.67. The van der Waals surface area contributed by atoms with Gasteiger partial charge in [-0.1, -0.05) is 42.8 Å². The lowest BCUT2D eigenvalue weighted by Crippen LogP contribution is -2.19. The van der Waals surface area contributed by atoms with Gasteiger partial charge in [-0.15, -0.1) is 10.2 Å². The minimum absolute atomic E-state index is 0.520. The second-order valence-corrected chi connectivity index (χ2v) is 7.68. The van der Waals surface area contributed by atoms with E-state index in [4.69, 9.17) is 9.47 Å². The standard InChI is InChI=1S/C24H30N4O2/c1-29-21-12-11-20(16-22(21)30-18-19-8-4-2-5-9-19)17-25-14-13-24-27-26-23-10-6-3-7-15-28(23)24/h2,4-5,8-9,11-12,16,25H,3,6-7,10,13-15,17-18H2,1H3. The van der Waals surface area contributed by atoms with Crippen molar-refractivity contribution in [2.24, 2.45) is 0 Å². The van der Waals surface area contributed by atoms with E-state index < -0.39 is 0 Å². The van der Waals surface area contributed by atoms with Crippen LogP contribution in [-0.4, -0.2) is 28.4 Å². The molecule has 1 N–H and O–H groups in total. The molecule has 0 radical (unpaired) electrons. The van der Waals surface area contributed by atoms with E-state index in [2.05, 4.69) is 44.3 Å². The number of fused-ring (bicyclic) bond motifs is 1. The first-order chi connectivity index (χ1) is 14.8. The molecule has 0 unspecified atom stereocenters. The monoisotopic (exact) mass is 406 g/mol. The summed E-state index contributed by atoms with van der Waals surface area (Å²) in [6, 6.07) is 16.3. The Morgan fingerprint density at radius 1 is 0.967 bits per heavy atom. The van der Waals surface area contributed by atoms with E-state index in [0.717, 1.165) is 61.2 Å². The first-order valence-electron chi connectivity index (χ1n) is 10.8. The quantitative estimate of drug-likeness (QED) is 0.546. The Bertz CT molecular complexity index is 940. The van der Waals surface area contributed by atoms with Gasteiger partial charge in [0.15, 0.2) is 11.5 Å². The molecule has 6 nitrogen and oxygen atoms in total. The fourth-order valence-electron chi connectivity index (χ4n) is 3.84. The average Bonchev–Trinajstić information content (AvgIpc) is 3.01. The molecule has 0 spiro atoms. The van der Waals surface area contributed by atoms with Gasteiger partial charge in [0.05, 0.1) is 7.11 Å². The summed E-state index contributed by atoms with van der Waals surface area (Å²) < 4.78 is 13.8. The summed E-state index contributed by atoms with van der Waals surface area (Å²) in [6.45, 7) is 3.21. The van der Waals surface area contributed by atoms with Crippen molar-refractivity contribution in [1.29, 1.82) is 0 Å². The number of rotatable bonds is 9. The highest BCUT2D eigenvalue weighted by atomic mass is 16.5. The van der Waals surface area contributed by atoms with Crippen LogP contribution in [0.4, 0.5) is 0 Å². The van der Waals surface area contributed by atoms with Gasteiger partial charge in [-0.2, -0.15) is 0 Å². The number of hydrogen-bond donors (Lipinski definition) is 1. The molecule has 0 aliphatic carbocycles. The highest BCUT2D eigenvalue weighted by Crippen LogP contribution is 2.29. The van der Waals surface area contributed by atoms with E-state index in [9.17, 15) is 0 Å². The molecular weight excluding hydrogens is 376 g/mol. The van der Waals surface area contributed by atoms with Crippen LogP contribution in [0.25, 0.3) is 0 Å². The normalized spacial score (nSPS) is 13.5. The van der Waals surface area contributed by atoms with Crippen LogP contribution in [0.5, 0.6) is 11.5 Å². The minimum Gasteiger partial charge on any atom is -0.493 e. The van der Waals surface area contributed by atoms with Crippen LogP contribution >= 0.6 is 0 Å². The molecule has 1 aliphatic rings. The number of aromatic nitrogens is 3. The van der Waals surface area contributed by atoms with E-state index in [-0.39, 0.29) is 0 Å². The molecule has 1 aromatic heterocycles. The van der Waals surface area contributed by atoms with Crippen molar-refractivity contribution in [2.45, 2.75) is 51.8 Å². The molecule has 0 saturated heterocycles. The summed E-state index contributed by atoms with van der Waals surface area (Å²) in [6.07, 6.45) is 5.68. The van der Waals surface area contributed by atoms with Gasteiger partial charge >= 0.3 is 0 Å². The van der Waals surface area contributed by atoms with Gasteiger partial charge in [-0.25, -0.2) is 0 Å². The van der Waals surface area contributed by atoms with Crippen LogP contribution in [0.15, 0.2) is 48.5 Å². The van der Waals surface area contributed by atoms with Gasteiger partial charge in [0.2, 0.25) is 0 Å². The molecule has 158 valence electrons. The molecule has 0 atom stereocenters. The summed E-state index contributed by atoms with van der Waals surface area (Å²) in [5.74, 6) is 3.77. The summed E-state index contributed by atoms with van der Waals surface area (Å²) >= 11 is 0. The maximum Gasteiger partial charge on any atom is 0.161 e. The average molecular weight is 407 g/mol. The highest BCUT2D eigenvalue weighted by Gasteiger charge is 2.14. The van der Waals surface area contributed by atoms with Gasteiger partial charge < -0.3 is 19.4 Å². The molecule has 2 heterocycles. The third kappa shape index (κ3) is 5.19. The van der Waals surface area contributed by atoms with Crippen molar-refractivity contribution in [3.05, 3.63) is 71.3 Å². The first kappa shape index (κ1) is 20.4. The van der Waals surface area contributed by atoms with E-state index in [1.165, 1.54) is 24.8 Å². The number of ether oxygens (including phenoxy) is 2. The predicted octanol–water partition coefficient (Wildman–Crippen LogP) is 3.92. The molecule has 4 rings (SSSR count). The highest BCUT2D eigenvalue weighted by molar-refractivity contribution is 5.43. The zero-order chi connectivity index (χ0) is 20.6. The molecule has 0 amide bonds. The minimum atomic E-state index is 0.520. The lowest BCUT2D eigenvalue weighted by atomic mass is 10.2. The molecule has 0 fully saturated rings. The van der Waals surface area contributed by atoms with Crippen molar-refractivity contribution in [1.82, 2.24) is 20.1 Å². The summed E-state index contributed by atoms with van der Waals surface area (Å²) in [5, 5.41) is 12.3. The van der Waals surface area contributed by atoms with Crippen LogP contribution < -0.4 is 14.8 Å². The Balaban J connectivity index is 1.31. The van der Waals surface area contributed by atoms with Gasteiger partial charge in [-0.3, -0.25) is 0 Å². The molecule has 0 saturated carbocycles. The van der Waals surface area contributed by atoms with Crippen molar-refractivity contribution in [2.75, 3.05) is 13.7 Å². The van der Waals surface area contributed by atoms with Crippen LogP contribution in [0.2, 0.25) is 0 Å². The van der Waals surface area contributed by atoms with Gasteiger partial charge in [-0.05, 0) is 36.1 Å². The van der Waals surface area contributed by atoms with Gasteiger partial charge in [0, 0.05) is 32.5 Å². The number of benzene rings is 2. The second kappa shape index (κ2) is 10.3. The molecule has 2 aromatic carbocycles. The Kier molecular flexibility index (Phi) is 6.98. The molecule has 6 heteroatoms. The largest absolute Gasteiger partial charge is 0.493 e. The topological polar surface area (TPSA) is 61.2 Å². The number of aryl methyl sites for hydroxylation is 1. The first-order valence-corrected chi connectivity index (χ1v) is 10.8. The fourth-order valence-corrected chi connectivity index (χ4v) is 3.84. The van der Waals surface area contributed by atoms with Crippen molar-refractivity contribution in [3.63, 3.8) is 0 Å². The second-order valence-electron chi connectivity index (χ2n) is 7.68. The lowest BCUT2D eigenvalue weighted by molar-refractivity contribution is 0.284. The number of nitrogens with zero attached hydrogens (tertiary/aromatic N) is 3. The third-order valence-corrected chi connectivity index (χ3v) is 5.51. The van der Waals surface area contributed by atoms with E-state index in [0.29, 0.717) is 6.61 Å². The summed E-state index contributed by atoms with van der Waals surface area (Å²) in [4.78, 5) is 0. The summed E-state index contributed by atoms with van der Waals surface area (Å²) in [5.41, 5.74) is 2.30. The van der Waals surface area contributed by atoms with E-state index in [1.54, 1.807) is 7.11 Å². The van der Waals surface area contributed by atoms with Crippen LogP contribution in [0.1, 0.15) is 42.0 Å². The van der Waals surface area contributed by atoms with Crippen LogP contribution in [0, 0.1) is 0 Å². The Morgan fingerprint density at radius 2 is 1.87 bits per heavy atom. The third-order valence-electron chi connectivity index (χ3n) is 5.51. The smallest absolute Gasteiger partial charge is 0.161 e. The molecular formula is C24H30N4O2. The lowest BCUT2D eigenvalue weighted by Gasteiger charge is -2.13. The van der Waals surface area contributed by atoms with Crippen LogP contribution in [0.3, 0.4) is 0 Å². The SMILES string of the molecule is COc1ccc(CNCCc2nnc3n2CCCCC3)cc1OCc1ccccc1. The van der Waals surface area contributed by atoms with Crippen molar-refractivity contribution < 1.29 is 9.47 Å². The Labute approximate surface area is 178 Å². The maximum absolute atomic E-state index is 6.02. The maximum atomic E-state index is 6.02. The predicted molar refractivity (Wildman–Crippen MR) is 117 cm³/mol. The zero-order valence-electron chi connectivity index (χ0n) is 17.6. The molecule has 30 heavy (non-hydrogen) atoms. The zero-order valence-corrected chi connectivity index (χ0v) is 17.6. The fraction of sp³-hybridized carbons (Fsp3) is 0.417. The number of hydrogen-bond acceptors (Lipinski definition) is 5. The molecule has 1 aliphatic heterocycles. The number of nitrogens with one attached hydrogen (secondary N) is 1. The van der Waals surface area contributed by atoms with Crippen molar-refractivity contribution in [3.8, 4) is 11.5 Å². The Morgan fingerprint density at radius 3 is 2.73 bits per heavy atom. The van der Waals surface area contributed by atoms with Crippen LogP contribution in [-0.2, 0) is 32.5 Å². The van der Waals surface area contributed by atoms with Gasteiger partial charge in [0.1, 0.15) is 18.3 Å². The Hall–Kier alpha value is -2.86. The van der Waals surface area contributed by atoms with E-state index >= 15 is 0 Å². The van der Waals surface area contributed by atoms with Crippen molar-refractivity contribution >= 4 is 0 Å². The number of methoxy groups -OCH3 is 1. The van der Waals surface area contributed by atoms with Gasteiger partial charge in [0.25, 0.3) is 0 Å².